The summed E-state index contributed by atoms with van der Waals surface area (Å²) in [6, 6.07) is 11.3. The average Bonchev–Trinajstić information content (AvgIpc) is 2.55. The van der Waals surface area contributed by atoms with Gasteiger partial charge in [-0.05, 0) is 42.8 Å². The third-order valence-corrected chi connectivity index (χ3v) is 3.91. The highest BCUT2D eigenvalue weighted by molar-refractivity contribution is 6.33. The van der Waals surface area contributed by atoms with Crippen molar-refractivity contribution in [2.75, 3.05) is 12.3 Å². The maximum Gasteiger partial charge on any atom is 0.338 e. The van der Waals surface area contributed by atoms with Crippen LogP contribution in [0, 0.1) is 0 Å². The molecule has 24 heavy (non-hydrogen) atoms. The molecule has 0 aliphatic carbocycles. The van der Waals surface area contributed by atoms with Gasteiger partial charge in [0.25, 0.3) is 5.91 Å². The Morgan fingerprint density at radius 3 is 2.46 bits per heavy atom. The van der Waals surface area contributed by atoms with E-state index in [0.717, 1.165) is 5.56 Å². The molecule has 0 saturated carbocycles. The summed E-state index contributed by atoms with van der Waals surface area (Å²) >= 11 is 11.6. The van der Waals surface area contributed by atoms with Gasteiger partial charge in [-0.2, -0.15) is 0 Å². The zero-order valence-electron chi connectivity index (χ0n) is 12.9. The highest BCUT2D eigenvalue weighted by atomic mass is 35.5. The topological polar surface area (TPSA) is 81.4 Å². The predicted molar refractivity (Wildman–Crippen MR) is 94.2 cm³/mol. The van der Waals surface area contributed by atoms with Gasteiger partial charge in [0.15, 0.2) is 6.61 Å². The lowest BCUT2D eigenvalue weighted by Gasteiger charge is -2.14. The van der Waals surface area contributed by atoms with Crippen molar-refractivity contribution in [3.05, 3.63) is 63.6 Å². The van der Waals surface area contributed by atoms with Gasteiger partial charge >= 0.3 is 5.97 Å². The monoisotopic (exact) mass is 366 g/mol. The van der Waals surface area contributed by atoms with Crippen LogP contribution in [0.4, 0.5) is 5.69 Å². The number of anilines is 1. The second-order valence-corrected chi connectivity index (χ2v) is 6.00. The Bertz CT molecular complexity index is 748. The smallest absolute Gasteiger partial charge is 0.338 e. The van der Waals surface area contributed by atoms with Crippen LogP contribution in [0.5, 0.6) is 0 Å². The molecule has 0 aliphatic heterocycles. The molecule has 1 atom stereocenters. The Morgan fingerprint density at radius 1 is 1.17 bits per heavy atom. The second kappa shape index (κ2) is 8.04. The van der Waals surface area contributed by atoms with E-state index in [0.29, 0.717) is 10.0 Å². The second-order valence-electron chi connectivity index (χ2n) is 5.15. The van der Waals surface area contributed by atoms with Crippen molar-refractivity contribution in [1.29, 1.82) is 0 Å². The highest BCUT2D eigenvalue weighted by Crippen LogP contribution is 2.20. The molecule has 2 aromatic rings. The van der Waals surface area contributed by atoms with Crippen molar-refractivity contribution >= 4 is 40.8 Å². The number of carbonyl (C=O) groups is 2. The summed E-state index contributed by atoms with van der Waals surface area (Å²) in [7, 11) is 0. The first-order valence-corrected chi connectivity index (χ1v) is 7.89. The number of ether oxygens (including phenoxy) is 1. The summed E-state index contributed by atoms with van der Waals surface area (Å²) in [5.74, 6) is -1.06. The van der Waals surface area contributed by atoms with Gasteiger partial charge in [0.2, 0.25) is 0 Å². The number of halogens is 2. The number of amides is 1. The van der Waals surface area contributed by atoms with Crippen LogP contribution in [0.2, 0.25) is 10.0 Å². The Morgan fingerprint density at radius 2 is 1.83 bits per heavy atom. The van der Waals surface area contributed by atoms with Crippen LogP contribution in [-0.4, -0.2) is 18.5 Å². The molecule has 3 N–H and O–H groups in total. The summed E-state index contributed by atoms with van der Waals surface area (Å²) in [5.41, 5.74) is 7.02. The Balaban J connectivity index is 1.87. The summed E-state index contributed by atoms with van der Waals surface area (Å²) in [6.45, 7) is 1.43. The number of hydrogen-bond acceptors (Lipinski definition) is 4. The number of carbonyl (C=O) groups excluding carboxylic acids is 2. The molecule has 0 radical (unpaired) electrons. The number of rotatable bonds is 5. The lowest BCUT2D eigenvalue weighted by molar-refractivity contribution is -0.124. The van der Waals surface area contributed by atoms with Crippen LogP contribution in [0.25, 0.3) is 0 Å². The fourth-order valence-electron chi connectivity index (χ4n) is 2.00. The third kappa shape index (κ3) is 4.88. The van der Waals surface area contributed by atoms with Gasteiger partial charge < -0.3 is 15.8 Å². The summed E-state index contributed by atoms with van der Waals surface area (Å²) in [6.07, 6.45) is 0. The molecule has 0 fully saturated rings. The van der Waals surface area contributed by atoms with Gasteiger partial charge in [-0.3, -0.25) is 4.79 Å². The Hall–Kier alpha value is -2.24. The third-order valence-electron chi connectivity index (χ3n) is 3.31. The van der Waals surface area contributed by atoms with Crippen LogP contribution in [-0.2, 0) is 9.53 Å². The van der Waals surface area contributed by atoms with Crippen LogP contribution in [0.1, 0.15) is 28.9 Å². The minimum atomic E-state index is -0.646. The fraction of sp³-hybridized carbons (Fsp3) is 0.176. The van der Waals surface area contributed by atoms with Gasteiger partial charge in [0, 0.05) is 5.02 Å². The molecule has 2 aromatic carbocycles. The van der Waals surface area contributed by atoms with Gasteiger partial charge in [-0.25, -0.2) is 4.79 Å². The van der Waals surface area contributed by atoms with Crippen LogP contribution >= 0.6 is 23.2 Å². The SMILES string of the molecule is C[C@@H](NC(=O)COC(=O)c1ccc(Cl)c(N)c1)c1ccc(Cl)cc1. The number of nitrogen functional groups attached to an aromatic ring is 1. The quantitative estimate of drug-likeness (QED) is 0.625. The zero-order valence-corrected chi connectivity index (χ0v) is 14.4. The molecule has 0 heterocycles. The Kier molecular flexibility index (Phi) is 6.06. The minimum Gasteiger partial charge on any atom is -0.452 e. The summed E-state index contributed by atoms with van der Waals surface area (Å²) in [4.78, 5) is 23.8. The largest absolute Gasteiger partial charge is 0.452 e. The van der Waals surface area contributed by atoms with Crippen molar-refractivity contribution in [3.8, 4) is 0 Å². The molecule has 0 spiro atoms. The minimum absolute atomic E-state index is 0.232. The van der Waals surface area contributed by atoms with E-state index in [9.17, 15) is 9.59 Å². The average molecular weight is 367 g/mol. The number of benzene rings is 2. The van der Waals surface area contributed by atoms with E-state index in [1.54, 1.807) is 12.1 Å². The molecule has 7 heteroatoms. The first-order chi connectivity index (χ1) is 11.4. The lowest BCUT2D eigenvalue weighted by Crippen LogP contribution is -2.31. The van der Waals surface area contributed by atoms with Gasteiger partial charge in [-0.1, -0.05) is 35.3 Å². The van der Waals surface area contributed by atoms with Gasteiger partial charge in [-0.15, -0.1) is 0 Å². The number of nitrogens with two attached hydrogens (primary N) is 1. The van der Waals surface area contributed by atoms with E-state index >= 15 is 0 Å². The highest BCUT2D eigenvalue weighted by Gasteiger charge is 2.14. The zero-order chi connectivity index (χ0) is 17.7. The summed E-state index contributed by atoms with van der Waals surface area (Å²) in [5, 5.41) is 3.71. The van der Waals surface area contributed by atoms with Crippen molar-refractivity contribution in [2.24, 2.45) is 0 Å². The molecule has 5 nitrogen and oxygen atoms in total. The van der Waals surface area contributed by atoms with Crippen molar-refractivity contribution < 1.29 is 14.3 Å². The first kappa shape index (κ1) is 18.1. The summed E-state index contributed by atoms with van der Waals surface area (Å²) < 4.78 is 4.97. The molecule has 2 rings (SSSR count). The Labute approximate surface area is 149 Å². The van der Waals surface area contributed by atoms with Crippen molar-refractivity contribution in [2.45, 2.75) is 13.0 Å². The van der Waals surface area contributed by atoms with E-state index in [1.807, 2.05) is 19.1 Å². The molecule has 0 unspecified atom stereocenters. The molecule has 0 bridgehead atoms. The molecule has 0 aromatic heterocycles. The van der Waals surface area contributed by atoms with Crippen LogP contribution in [0.3, 0.4) is 0 Å². The standard InChI is InChI=1S/C17H16Cl2N2O3/c1-10(11-2-5-13(18)6-3-11)21-16(22)9-24-17(23)12-4-7-14(19)15(20)8-12/h2-8,10H,9,20H2,1H3,(H,21,22)/t10-/m1/s1. The van der Waals surface area contributed by atoms with E-state index in [1.165, 1.54) is 18.2 Å². The van der Waals surface area contributed by atoms with Gasteiger partial charge in [0.1, 0.15) is 0 Å². The van der Waals surface area contributed by atoms with E-state index in [4.69, 9.17) is 33.7 Å². The molecular formula is C17H16Cl2N2O3. The van der Waals surface area contributed by atoms with E-state index in [2.05, 4.69) is 5.32 Å². The van der Waals surface area contributed by atoms with E-state index in [-0.39, 0.29) is 23.9 Å². The molecular weight excluding hydrogens is 351 g/mol. The molecule has 126 valence electrons. The van der Waals surface area contributed by atoms with Crippen molar-refractivity contribution in [3.63, 3.8) is 0 Å². The molecule has 1 amide bonds. The number of nitrogens with one attached hydrogen (secondary N) is 1. The maximum atomic E-state index is 11.9. The number of hydrogen-bond donors (Lipinski definition) is 2. The first-order valence-electron chi connectivity index (χ1n) is 7.14. The molecule has 0 saturated heterocycles. The van der Waals surface area contributed by atoms with Crippen LogP contribution in [0.15, 0.2) is 42.5 Å². The maximum absolute atomic E-state index is 11.9. The number of esters is 1. The fourth-order valence-corrected chi connectivity index (χ4v) is 2.25. The predicted octanol–water partition coefficient (Wildman–Crippen LogP) is 3.61. The van der Waals surface area contributed by atoms with E-state index < -0.39 is 11.9 Å². The lowest BCUT2D eigenvalue weighted by atomic mass is 10.1. The van der Waals surface area contributed by atoms with Crippen LogP contribution < -0.4 is 11.1 Å². The van der Waals surface area contributed by atoms with Crippen molar-refractivity contribution in [1.82, 2.24) is 5.32 Å². The van der Waals surface area contributed by atoms with Gasteiger partial charge in [0.05, 0.1) is 22.3 Å². The normalized spacial score (nSPS) is 11.6. The molecule has 0 aliphatic rings.